The van der Waals surface area contributed by atoms with Gasteiger partial charge in [0.25, 0.3) is 0 Å². The van der Waals surface area contributed by atoms with Gasteiger partial charge in [0.05, 0.1) is 6.04 Å². The van der Waals surface area contributed by atoms with Gasteiger partial charge in [-0.3, -0.25) is 4.99 Å². The van der Waals surface area contributed by atoms with Gasteiger partial charge >= 0.3 is 0 Å². The summed E-state index contributed by atoms with van der Waals surface area (Å²) >= 11 is 0. The van der Waals surface area contributed by atoms with E-state index in [4.69, 9.17) is 4.99 Å². The van der Waals surface area contributed by atoms with Gasteiger partial charge in [0, 0.05) is 13.1 Å². The van der Waals surface area contributed by atoms with Crippen LogP contribution in [0.4, 0.5) is 0 Å². The standard InChI is InChI=1S/C21H36N4.HI/c1-5-22-21(24-18(4)20-10-8-7-9-17(20)3)23-14-11-19-12-15-25(6-2)16-13-19;/h7-10,18-19H,5-6,11-16H2,1-4H3,(H2,22,23,24);1H. The molecule has 1 unspecified atom stereocenters. The van der Waals surface area contributed by atoms with E-state index in [9.17, 15) is 0 Å². The number of aliphatic imine (C=N–C) groups is 1. The first-order valence-corrected chi connectivity index (χ1v) is 9.96. The average molecular weight is 472 g/mol. The molecule has 1 aliphatic rings. The molecule has 1 aromatic rings. The van der Waals surface area contributed by atoms with Crippen molar-refractivity contribution >= 4 is 29.9 Å². The fraction of sp³-hybridized carbons (Fsp3) is 0.667. The van der Waals surface area contributed by atoms with Gasteiger partial charge in [-0.2, -0.15) is 0 Å². The van der Waals surface area contributed by atoms with Gasteiger partial charge in [-0.1, -0.05) is 31.2 Å². The minimum absolute atomic E-state index is 0. The highest BCUT2D eigenvalue weighted by molar-refractivity contribution is 14.0. The molecule has 1 aromatic carbocycles. The lowest BCUT2D eigenvalue weighted by molar-refractivity contribution is 0.188. The zero-order valence-electron chi connectivity index (χ0n) is 16.9. The number of guanidine groups is 1. The van der Waals surface area contributed by atoms with E-state index in [0.717, 1.165) is 25.0 Å². The van der Waals surface area contributed by atoms with Crippen LogP contribution in [0.15, 0.2) is 29.3 Å². The molecule has 1 heterocycles. The summed E-state index contributed by atoms with van der Waals surface area (Å²) in [7, 11) is 0. The molecule has 148 valence electrons. The van der Waals surface area contributed by atoms with Crippen LogP contribution in [0.5, 0.6) is 0 Å². The summed E-state index contributed by atoms with van der Waals surface area (Å²) in [5.74, 6) is 1.77. The van der Waals surface area contributed by atoms with Crippen molar-refractivity contribution in [1.29, 1.82) is 0 Å². The lowest BCUT2D eigenvalue weighted by Gasteiger charge is -2.30. The molecule has 26 heavy (non-hydrogen) atoms. The van der Waals surface area contributed by atoms with E-state index in [2.05, 4.69) is 67.5 Å². The largest absolute Gasteiger partial charge is 0.357 e. The van der Waals surface area contributed by atoms with Gasteiger partial charge in [0.2, 0.25) is 0 Å². The average Bonchev–Trinajstić information content (AvgIpc) is 2.62. The highest BCUT2D eigenvalue weighted by atomic mass is 127. The van der Waals surface area contributed by atoms with Crippen molar-refractivity contribution in [2.75, 3.05) is 32.7 Å². The molecule has 0 radical (unpaired) electrons. The van der Waals surface area contributed by atoms with Crippen LogP contribution in [-0.2, 0) is 0 Å². The Hall–Kier alpha value is -0.820. The topological polar surface area (TPSA) is 39.7 Å². The summed E-state index contributed by atoms with van der Waals surface area (Å²) in [4.78, 5) is 7.37. The van der Waals surface area contributed by atoms with E-state index < -0.39 is 0 Å². The number of halogens is 1. The van der Waals surface area contributed by atoms with Crippen molar-refractivity contribution in [3.05, 3.63) is 35.4 Å². The SMILES string of the molecule is CCNC(=NCCC1CCN(CC)CC1)NC(C)c1ccccc1C.I. The van der Waals surface area contributed by atoms with Gasteiger partial charge in [0.1, 0.15) is 0 Å². The molecular weight excluding hydrogens is 435 g/mol. The summed E-state index contributed by atoms with van der Waals surface area (Å²) in [6.07, 6.45) is 3.85. The van der Waals surface area contributed by atoms with Crippen molar-refractivity contribution in [2.24, 2.45) is 10.9 Å². The van der Waals surface area contributed by atoms with Crippen LogP contribution in [-0.4, -0.2) is 43.6 Å². The number of piperidine rings is 1. The number of hydrogen-bond donors (Lipinski definition) is 2. The molecule has 2 rings (SSSR count). The zero-order valence-corrected chi connectivity index (χ0v) is 19.3. The Bertz CT molecular complexity index is 539. The van der Waals surface area contributed by atoms with Crippen LogP contribution in [0.25, 0.3) is 0 Å². The maximum atomic E-state index is 4.82. The van der Waals surface area contributed by atoms with Crippen molar-refractivity contribution in [1.82, 2.24) is 15.5 Å². The molecule has 0 aliphatic carbocycles. The summed E-state index contributed by atoms with van der Waals surface area (Å²) in [6.45, 7) is 14.3. The molecule has 0 aromatic heterocycles. The molecule has 0 amide bonds. The second-order valence-corrected chi connectivity index (χ2v) is 7.15. The molecule has 0 bridgehead atoms. The number of aryl methyl sites for hydroxylation is 1. The molecule has 0 saturated carbocycles. The van der Waals surface area contributed by atoms with Gasteiger partial charge in [-0.05, 0) is 76.7 Å². The Morgan fingerprint density at radius 2 is 1.92 bits per heavy atom. The van der Waals surface area contributed by atoms with E-state index in [-0.39, 0.29) is 30.0 Å². The molecule has 2 N–H and O–H groups in total. The molecule has 1 saturated heterocycles. The maximum Gasteiger partial charge on any atom is 0.191 e. The number of rotatable bonds is 7. The van der Waals surface area contributed by atoms with E-state index in [1.165, 1.54) is 50.0 Å². The fourth-order valence-electron chi connectivity index (χ4n) is 3.63. The summed E-state index contributed by atoms with van der Waals surface area (Å²) in [6, 6.07) is 8.81. The number of hydrogen-bond acceptors (Lipinski definition) is 2. The minimum atomic E-state index is 0. The Balaban J connectivity index is 0.00000338. The van der Waals surface area contributed by atoms with Crippen LogP contribution < -0.4 is 10.6 Å². The number of nitrogens with one attached hydrogen (secondary N) is 2. The van der Waals surface area contributed by atoms with Crippen molar-refractivity contribution in [2.45, 2.75) is 53.0 Å². The van der Waals surface area contributed by atoms with E-state index >= 15 is 0 Å². The maximum absolute atomic E-state index is 4.82. The summed E-state index contributed by atoms with van der Waals surface area (Å²) < 4.78 is 0. The number of benzene rings is 1. The molecule has 5 heteroatoms. The van der Waals surface area contributed by atoms with E-state index in [1.807, 2.05) is 0 Å². The van der Waals surface area contributed by atoms with Crippen LogP contribution in [0.1, 0.15) is 57.2 Å². The lowest BCUT2D eigenvalue weighted by Crippen LogP contribution is -2.39. The molecule has 1 fully saturated rings. The predicted molar refractivity (Wildman–Crippen MR) is 124 cm³/mol. The van der Waals surface area contributed by atoms with E-state index in [0.29, 0.717) is 0 Å². The molecule has 1 atom stereocenters. The van der Waals surface area contributed by atoms with Crippen LogP contribution in [0.2, 0.25) is 0 Å². The van der Waals surface area contributed by atoms with Gasteiger partial charge < -0.3 is 15.5 Å². The van der Waals surface area contributed by atoms with Gasteiger partial charge in [-0.15, -0.1) is 24.0 Å². The molecular formula is C21H37IN4. The highest BCUT2D eigenvalue weighted by Crippen LogP contribution is 2.20. The highest BCUT2D eigenvalue weighted by Gasteiger charge is 2.17. The first kappa shape index (κ1) is 23.2. The van der Waals surface area contributed by atoms with Gasteiger partial charge in [0.15, 0.2) is 5.96 Å². The third-order valence-electron chi connectivity index (χ3n) is 5.31. The van der Waals surface area contributed by atoms with Crippen LogP contribution in [0, 0.1) is 12.8 Å². The summed E-state index contributed by atoms with van der Waals surface area (Å²) in [5, 5.41) is 6.95. The summed E-state index contributed by atoms with van der Waals surface area (Å²) in [5.41, 5.74) is 2.65. The zero-order chi connectivity index (χ0) is 18.1. The minimum Gasteiger partial charge on any atom is -0.357 e. The first-order chi connectivity index (χ1) is 12.1. The van der Waals surface area contributed by atoms with Crippen molar-refractivity contribution in [3.8, 4) is 0 Å². The number of nitrogens with zero attached hydrogens (tertiary/aromatic N) is 2. The third kappa shape index (κ3) is 7.43. The van der Waals surface area contributed by atoms with Crippen molar-refractivity contribution < 1.29 is 0 Å². The predicted octanol–water partition coefficient (Wildman–Crippen LogP) is 4.35. The Labute approximate surface area is 177 Å². The Morgan fingerprint density at radius 1 is 1.23 bits per heavy atom. The normalized spacial score (nSPS) is 17.5. The second kappa shape index (κ2) is 12.5. The smallest absolute Gasteiger partial charge is 0.191 e. The Kier molecular flexibility index (Phi) is 11.2. The first-order valence-electron chi connectivity index (χ1n) is 9.96. The quantitative estimate of drug-likeness (QED) is 0.352. The van der Waals surface area contributed by atoms with Crippen molar-refractivity contribution in [3.63, 3.8) is 0 Å². The van der Waals surface area contributed by atoms with Crippen LogP contribution >= 0.6 is 24.0 Å². The Morgan fingerprint density at radius 3 is 2.54 bits per heavy atom. The second-order valence-electron chi connectivity index (χ2n) is 7.15. The lowest BCUT2D eigenvalue weighted by atomic mass is 9.94. The van der Waals surface area contributed by atoms with E-state index in [1.54, 1.807) is 0 Å². The monoisotopic (exact) mass is 472 g/mol. The molecule has 0 spiro atoms. The van der Waals surface area contributed by atoms with Crippen LogP contribution in [0.3, 0.4) is 0 Å². The fourth-order valence-corrected chi connectivity index (χ4v) is 3.63. The van der Waals surface area contributed by atoms with Gasteiger partial charge in [-0.25, -0.2) is 0 Å². The third-order valence-corrected chi connectivity index (χ3v) is 5.31. The number of likely N-dealkylation sites (tertiary alicyclic amines) is 1. The molecule has 1 aliphatic heterocycles. The molecule has 4 nitrogen and oxygen atoms in total.